The van der Waals surface area contributed by atoms with Crippen molar-refractivity contribution >= 4 is 23.5 Å². The zero-order chi connectivity index (χ0) is 15.1. The fourth-order valence-electron chi connectivity index (χ4n) is 1.74. The van der Waals surface area contributed by atoms with Crippen molar-refractivity contribution in [3.8, 4) is 0 Å². The number of carbonyl (C=O) groups excluding carboxylic acids is 1. The molecule has 1 amide bonds. The number of amides is 1. The van der Waals surface area contributed by atoms with Gasteiger partial charge in [-0.1, -0.05) is 18.2 Å². The number of benzene rings is 1. The molecule has 0 aliphatic heterocycles. The fraction of sp³-hybridized carbons (Fsp3) is 0.143. The van der Waals surface area contributed by atoms with Gasteiger partial charge in [-0.3, -0.25) is 14.9 Å². The average molecular weight is 286 g/mol. The van der Waals surface area contributed by atoms with Crippen molar-refractivity contribution in [3.05, 3.63) is 48.8 Å². The number of nitrogens with zero attached hydrogens (tertiary/aromatic N) is 3. The minimum absolute atomic E-state index is 0.103. The lowest BCUT2D eigenvalue weighted by atomic mass is 10.3. The van der Waals surface area contributed by atoms with E-state index in [2.05, 4.69) is 15.3 Å². The van der Waals surface area contributed by atoms with Crippen molar-refractivity contribution in [2.24, 2.45) is 0 Å². The van der Waals surface area contributed by atoms with E-state index in [-0.39, 0.29) is 24.9 Å². The smallest absolute Gasteiger partial charge is 0.323 e. The van der Waals surface area contributed by atoms with Crippen LogP contribution in [-0.2, 0) is 9.59 Å². The zero-order valence-electron chi connectivity index (χ0n) is 11.1. The van der Waals surface area contributed by atoms with Gasteiger partial charge in [0.25, 0.3) is 0 Å². The summed E-state index contributed by atoms with van der Waals surface area (Å²) >= 11 is 0. The number of para-hydroxylation sites is 1. The Bertz CT molecular complexity index is 604. The lowest BCUT2D eigenvalue weighted by Crippen LogP contribution is -2.37. The van der Waals surface area contributed by atoms with Crippen molar-refractivity contribution in [1.82, 2.24) is 9.97 Å². The second-order valence-corrected chi connectivity index (χ2v) is 4.21. The summed E-state index contributed by atoms with van der Waals surface area (Å²) in [5, 5.41) is 11.5. The van der Waals surface area contributed by atoms with Crippen molar-refractivity contribution in [3.63, 3.8) is 0 Å². The van der Waals surface area contributed by atoms with E-state index >= 15 is 0 Å². The standard InChI is InChI=1S/C14H14N4O3/c19-12(17-14-15-7-4-8-16-14)9-18(10-13(20)21)11-5-2-1-3-6-11/h1-8H,9-10H2,(H,20,21)(H,15,16,17,19). The highest BCUT2D eigenvalue weighted by atomic mass is 16.4. The van der Waals surface area contributed by atoms with E-state index in [0.29, 0.717) is 5.69 Å². The van der Waals surface area contributed by atoms with Crippen LogP contribution in [0.1, 0.15) is 0 Å². The van der Waals surface area contributed by atoms with Gasteiger partial charge in [-0.25, -0.2) is 9.97 Å². The Labute approximate surface area is 121 Å². The van der Waals surface area contributed by atoms with E-state index in [1.54, 1.807) is 30.3 Å². The van der Waals surface area contributed by atoms with Crippen LogP contribution in [0.5, 0.6) is 0 Å². The number of rotatable bonds is 6. The molecule has 108 valence electrons. The Hall–Kier alpha value is -2.96. The first kappa shape index (κ1) is 14.4. The highest BCUT2D eigenvalue weighted by molar-refractivity contribution is 5.93. The molecule has 1 aromatic heterocycles. The Balaban J connectivity index is 2.05. The molecule has 0 bridgehead atoms. The van der Waals surface area contributed by atoms with Crippen LogP contribution in [0.4, 0.5) is 11.6 Å². The number of aliphatic carboxylic acids is 1. The molecular weight excluding hydrogens is 272 g/mol. The Morgan fingerprint density at radius 2 is 1.71 bits per heavy atom. The molecule has 7 nitrogen and oxygen atoms in total. The van der Waals surface area contributed by atoms with Gasteiger partial charge >= 0.3 is 5.97 Å². The Morgan fingerprint density at radius 1 is 1.05 bits per heavy atom. The monoisotopic (exact) mass is 286 g/mol. The molecule has 0 radical (unpaired) electrons. The molecule has 1 heterocycles. The predicted octanol–water partition coefficient (Wildman–Crippen LogP) is 1.01. The predicted molar refractivity (Wildman–Crippen MR) is 77.0 cm³/mol. The molecule has 7 heteroatoms. The summed E-state index contributed by atoms with van der Waals surface area (Å²) in [5.74, 6) is -1.21. The maximum Gasteiger partial charge on any atom is 0.323 e. The van der Waals surface area contributed by atoms with E-state index in [0.717, 1.165) is 0 Å². The SMILES string of the molecule is O=C(O)CN(CC(=O)Nc1ncccn1)c1ccccc1. The molecule has 0 saturated carbocycles. The van der Waals surface area contributed by atoms with E-state index in [9.17, 15) is 9.59 Å². The summed E-state index contributed by atoms with van der Waals surface area (Å²) in [4.78, 5) is 32.1. The summed E-state index contributed by atoms with van der Waals surface area (Å²) in [5.41, 5.74) is 0.657. The minimum Gasteiger partial charge on any atom is -0.480 e. The normalized spacial score (nSPS) is 9.90. The van der Waals surface area contributed by atoms with Crippen LogP contribution < -0.4 is 10.2 Å². The van der Waals surface area contributed by atoms with Crippen molar-refractivity contribution < 1.29 is 14.7 Å². The number of carbonyl (C=O) groups is 2. The second-order valence-electron chi connectivity index (χ2n) is 4.21. The zero-order valence-corrected chi connectivity index (χ0v) is 11.1. The molecule has 0 aliphatic carbocycles. The Morgan fingerprint density at radius 3 is 2.33 bits per heavy atom. The molecule has 2 aromatic rings. The first-order valence-electron chi connectivity index (χ1n) is 6.24. The highest BCUT2D eigenvalue weighted by Crippen LogP contribution is 2.12. The summed E-state index contributed by atoms with van der Waals surface area (Å²) in [6.07, 6.45) is 3.02. The number of hydrogen-bond acceptors (Lipinski definition) is 5. The quantitative estimate of drug-likeness (QED) is 0.822. The first-order valence-corrected chi connectivity index (χ1v) is 6.24. The molecule has 1 aromatic carbocycles. The summed E-state index contributed by atoms with van der Waals surface area (Å²) in [7, 11) is 0. The van der Waals surface area contributed by atoms with Gasteiger partial charge in [-0.05, 0) is 18.2 Å². The number of aromatic nitrogens is 2. The van der Waals surface area contributed by atoms with Gasteiger partial charge in [0.15, 0.2) is 0 Å². The largest absolute Gasteiger partial charge is 0.480 e. The van der Waals surface area contributed by atoms with Crippen molar-refractivity contribution in [2.75, 3.05) is 23.3 Å². The minimum atomic E-state index is -1.01. The molecular formula is C14H14N4O3. The molecule has 0 saturated heterocycles. The third-order valence-corrected chi connectivity index (χ3v) is 2.60. The number of carboxylic acid groups (broad SMARTS) is 1. The lowest BCUT2D eigenvalue weighted by molar-refractivity contribution is -0.135. The first-order chi connectivity index (χ1) is 10.1. The molecule has 2 rings (SSSR count). The van der Waals surface area contributed by atoms with E-state index < -0.39 is 5.97 Å². The highest BCUT2D eigenvalue weighted by Gasteiger charge is 2.15. The molecule has 0 spiro atoms. The van der Waals surface area contributed by atoms with Gasteiger partial charge in [0, 0.05) is 18.1 Å². The van der Waals surface area contributed by atoms with E-state index in [1.165, 1.54) is 17.3 Å². The number of anilines is 2. The van der Waals surface area contributed by atoms with E-state index in [4.69, 9.17) is 5.11 Å². The van der Waals surface area contributed by atoms with Crippen LogP contribution in [-0.4, -0.2) is 40.0 Å². The molecule has 21 heavy (non-hydrogen) atoms. The van der Waals surface area contributed by atoms with Crippen LogP contribution in [0.3, 0.4) is 0 Å². The van der Waals surface area contributed by atoms with Gasteiger partial charge in [0.1, 0.15) is 6.54 Å². The fourth-order valence-corrected chi connectivity index (χ4v) is 1.74. The molecule has 0 aliphatic rings. The maximum absolute atomic E-state index is 12.0. The maximum atomic E-state index is 12.0. The van der Waals surface area contributed by atoms with Gasteiger partial charge in [0.2, 0.25) is 11.9 Å². The number of hydrogen-bond donors (Lipinski definition) is 2. The molecule has 2 N–H and O–H groups in total. The summed E-state index contributed by atoms with van der Waals surface area (Å²) in [6.45, 7) is -0.373. The molecule has 0 fully saturated rings. The second kappa shape index (κ2) is 6.99. The van der Waals surface area contributed by atoms with Crippen molar-refractivity contribution in [2.45, 2.75) is 0 Å². The summed E-state index contributed by atoms with van der Waals surface area (Å²) in [6, 6.07) is 10.5. The lowest BCUT2D eigenvalue weighted by Gasteiger charge is -2.21. The third-order valence-electron chi connectivity index (χ3n) is 2.60. The van der Waals surface area contributed by atoms with Crippen LogP contribution in [0, 0.1) is 0 Å². The average Bonchev–Trinajstić information content (AvgIpc) is 2.48. The van der Waals surface area contributed by atoms with Crippen LogP contribution >= 0.6 is 0 Å². The Kier molecular flexibility index (Phi) is 4.81. The number of carboxylic acids is 1. The topological polar surface area (TPSA) is 95.4 Å². The van der Waals surface area contributed by atoms with Gasteiger partial charge in [0.05, 0.1) is 6.54 Å². The van der Waals surface area contributed by atoms with Gasteiger partial charge in [-0.2, -0.15) is 0 Å². The van der Waals surface area contributed by atoms with Gasteiger partial charge in [-0.15, -0.1) is 0 Å². The molecule has 0 unspecified atom stereocenters. The van der Waals surface area contributed by atoms with Crippen LogP contribution in [0.2, 0.25) is 0 Å². The van der Waals surface area contributed by atoms with Crippen LogP contribution in [0.15, 0.2) is 48.8 Å². The van der Waals surface area contributed by atoms with Crippen molar-refractivity contribution in [1.29, 1.82) is 0 Å². The molecule has 0 atom stereocenters. The third kappa shape index (κ3) is 4.57. The van der Waals surface area contributed by atoms with E-state index in [1.807, 2.05) is 6.07 Å². The van der Waals surface area contributed by atoms with Crippen LogP contribution in [0.25, 0.3) is 0 Å². The summed E-state index contributed by atoms with van der Waals surface area (Å²) < 4.78 is 0. The number of nitrogens with one attached hydrogen (secondary N) is 1. The van der Waals surface area contributed by atoms with Gasteiger partial charge < -0.3 is 10.0 Å².